The van der Waals surface area contributed by atoms with Gasteiger partial charge in [-0.15, -0.1) is 11.3 Å². The van der Waals surface area contributed by atoms with E-state index in [0.29, 0.717) is 12.4 Å². The van der Waals surface area contributed by atoms with Crippen LogP contribution >= 0.6 is 11.3 Å². The zero-order valence-electron chi connectivity index (χ0n) is 9.00. The number of nitrogens with one attached hydrogen (secondary N) is 1. The number of hydrogen-bond acceptors (Lipinski definition) is 5. The monoisotopic (exact) mass is 249 g/mol. The van der Waals surface area contributed by atoms with E-state index >= 15 is 0 Å². The van der Waals surface area contributed by atoms with Crippen molar-refractivity contribution in [3.05, 3.63) is 50.8 Å². The second kappa shape index (κ2) is 5.40. The normalized spacial score (nSPS) is 10.1. The summed E-state index contributed by atoms with van der Waals surface area (Å²) >= 11 is 1.70. The van der Waals surface area contributed by atoms with Gasteiger partial charge in [-0.05, 0) is 17.9 Å². The molecule has 0 radical (unpaired) electrons. The van der Waals surface area contributed by atoms with Crippen molar-refractivity contribution in [3.63, 3.8) is 0 Å². The molecule has 0 aliphatic rings. The maximum atomic E-state index is 10.6. The zero-order chi connectivity index (χ0) is 12.1. The lowest BCUT2D eigenvalue weighted by molar-refractivity contribution is -0.384. The van der Waals surface area contributed by atoms with Crippen LogP contribution in [-0.4, -0.2) is 16.5 Å². The lowest BCUT2D eigenvalue weighted by atomic mass is 10.3. The predicted octanol–water partition coefficient (Wildman–Crippen LogP) is 2.71. The van der Waals surface area contributed by atoms with Gasteiger partial charge in [0.05, 0.1) is 11.0 Å². The Kier molecular flexibility index (Phi) is 3.66. The van der Waals surface area contributed by atoms with Crippen LogP contribution in [0.4, 0.5) is 11.5 Å². The van der Waals surface area contributed by atoms with E-state index in [4.69, 9.17) is 0 Å². The Morgan fingerprint density at radius 3 is 3.06 bits per heavy atom. The summed E-state index contributed by atoms with van der Waals surface area (Å²) in [7, 11) is 0. The average molecular weight is 249 g/mol. The van der Waals surface area contributed by atoms with Crippen molar-refractivity contribution in [1.29, 1.82) is 0 Å². The first kappa shape index (κ1) is 11.5. The first-order valence-electron chi connectivity index (χ1n) is 5.12. The zero-order valence-corrected chi connectivity index (χ0v) is 9.81. The van der Waals surface area contributed by atoms with Gasteiger partial charge < -0.3 is 5.32 Å². The fourth-order valence-corrected chi connectivity index (χ4v) is 2.11. The van der Waals surface area contributed by atoms with E-state index in [1.165, 1.54) is 23.2 Å². The smallest absolute Gasteiger partial charge is 0.274 e. The van der Waals surface area contributed by atoms with Gasteiger partial charge in [-0.2, -0.15) is 0 Å². The Morgan fingerprint density at radius 1 is 1.47 bits per heavy atom. The van der Waals surface area contributed by atoms with Crippen LogP contribution in [-0.2, 0) is 6.42 Å². The maximum Gasteiger partial charge on any atom is 0.274 e. The molecular weight excluding hydrogens is 238 g/mol. The van der Waals surface area contributed by atoms with Crippen molar-refractivity contribution < 1.29 is 4.92 Å². The highest BCUT2D eigenvalue weighted by molar-refractivity contribution is 7.09. The Hall–Kier alpha value is -1.95. The topological polar surface area (TPSA) is 68.1 Å². The Labute approximate surface area is 102 Å². The van der Waals surface area contributed by atoms with Gasteiger partial charge >= 0.3 is 0 Å². The SMILES string of the molecule is O=[N+]([O-])c1ccnc(NCCc2cccs2)c1. The van der Waals surface area contributed by atoms with Crippen molar-refractivity contribution in [3.8, 4) is 0 Å². The fourth-order valence-electron chi connectivity index (χ4n) is 1.40. The molecule has 0 atom stereocenters. The van der Waals surface area contributed by atoms with E-state index in [2.05, 4.69) is 16.4 Å². The molecule has 2 rings (SSSR count). The molecule has 5 nitrogen and oxygen atoms in total. The van der Waals surface area contributed by atoms with Crippen molar-refractivity contribution >= 4 is 22.8 Å². The molecule has 0 unspecified atom stereocenters. The van der Waals surface area contributed by atoms with Crippen molar-refractivity contribution in [2.24, 2.45) is 0 Å². The molecular formula is C11H11N3O2S. The summed E-state index contributed by atoms with van der Waals surface area (Å²) in [4.78, 5) is 15.4. The van der Waals surface area contributed by atoms with Crippen LogP contribution in [0.15, 0.2) is 35.8 Å². The largest absolute Gasteiger partial charge is 0.370 e. The van der Waals surface area contributed by atoms with Gasteiger partial charge in [0.2, 0.25) is 0 Å². The number of thiophene rings is 1. The van der Waals surface area contributed by atoms with Gasteiger partial charge in [0.25, 0.3) is 5.69 Å². The number of rotatable bonds is 5. The molecule has 0 fully saturated rings. The first-order valence-corrected chi connectivity index (χ1v) is 6.00. The maximum absolute atomic E-state index is 10.6. The Bertz CT molecular complexity index is 499. The van der Waals surface area contributed by atoms with Crippen LogP contribution in [0.2, 0.25) is 0 Å². The van der Waals surface area contributed by atoms with Crippen LogP contribution in [0.25, 0.3) is 0 Å². The minimum absolute atomic E-state index is 0.0543. The van der Waals surface area contributed by atoms with Crippen LogP contribution in [0.1, 0.15) is 4.88 Å². The molecule has 0 bridgehead atoms. The third-order valence-electron chi connectivity index (χ3n) is 2.21. The van der Waals surface area contributed by atoms with E-state index in [1.807, 2.05) is 11.4 Å². The van der Waals surface area contributed by atoms with Gasteiger partial charge in [0, 0.05) is 23.7 Å². The van der Waals surface area contributed by atoms with Crippen LogP contribution in [0.3, 0.4) is 0 Å². The molecule has 0 saturated heterocycles. The summed E-state index contributed by atoms with van der Waals surface area (Å²) in [6.07, 6.45) is 2.33. The molecule has 0 saturated carbocycles. The van der Waals surface area contributed by atoms with Gasteiger partial charge in [0.1, 0.15) is 5.82 Å². The van der Waals surface area contributed by atoms with Crippen molar-refractivity contribution in [2.45, 2.75) is 6.42 Å². The molecule has 1 N–H and O–H groups in total. The molecule has 0 spiro atoms. The lowest BCUT2D eigenvalue weighted by Gasteiger charge is -2.03. The number of pyridine rings is 1. The quantitative estimate of drug-likeness (QED) is 0.653. The summed E-state index contributed by atoms with van der Waals surface area (Å²) in [5, 5.41) is 15.7. The summed E-state index contributed by atoms with van der Waals surface area (Å²) in [5.41, 5.74) is 0.0543. The first-order chi connectivity index (χ1) is 8.25. The minimum atomic E-state index is -0.424. The highest BCUT2D eigenvalue weighted by atomic mass is 32.1. The van der Waals surface area contributed by atoms with E-state index in [9.17, 15) is 10.1 Å². The molecule has 0 aliphatic heterocycles. The van der Waals surface area contributed by atoms with Crippen LogP contribution < -0.4 is 5.32 Å². The van der Waals surface area contributed by atoms with E-state index in [1.54, 1.807) is 11.3 Å². The Balaban J connectivity index is 1.90. The third-order valence-corrected chi connectivity index (χ3v) is 3.15. The molecule has 0 aliphatic carbocycles. The average Bonchev–Trinajstić information content (AvgIpc) is 2.82. The van der Waals surface area contributed by atoms with Gasteiger partial charge in [-0.1, -0.05) is 6.07 Å². The number of hydrogen-bond donors (Lipinski definition) is 1. The number of nitro groups is 1. The highest BCUT2D eigenvalue weighted by Crippen LogP contribution is 2.14. The fraction of sp³-hybridized carbons (Fsp3) is 0.182. The molecule has 0 amide bonds. The number of aromatic nitrogens is 1. The predicted molar refractivity (Wildman–Crippen MR) is 67.4 cm³/mol. The third kappa shape index (κ3) is 3.25. The molecule has 2 aromatic rings. The number of anilines is 1. The van der Waals surface area contributed by atoms with E-state index in [0.717, 1.165) is 6.42 Å². The van der Waals surface area contributed by atoms with Gasteiger partial charge in [-0.3, -0.25) is 10.1 Å². The van der Waals surface area contributed by atoms with Crippen LogP contribution in [0.5, 0.6) is 0 Å². The molecule has 2 aromatic heterocycles. The standard InChI is InChI=1S/C11H11N3O2S/c15-14(16)9-3-5-12-11(8-9)13-6-4-10-2-1-7-17-10/h1-3,5,7-8H,4,6H2,(H,12,13). The van der Waals surface area contributed by atoms with Gasteiger partial charge in [-0.25, -0.2) is 4.98 Å². The number of nitrogens with zero attached hydrogens (tertiary/aromatic N) is 2. The minimum Gasteiger partial charge on any atom is -0.370 e. The van der Waals surface area contributed by atoms with E-state index in [-0.39, 0.29) is 5.69 Å². The highest BCUT2D eigenvalue weighted by Gasteiger charge is 2.06. The summed E-state index contributed by atoms with van der Waals surface area (Å²) in [5.74, 6) is 0.538. The Morgan fingerprint density at radius 2 is 2.35 bits per heavy atom. The van der Waals surface area contributed by atoms with Gasteiger partial charge in [0.15, 0.2) is 0 Å². The summed E-state index contributed by atoms with van der Waals surface area (Å²) in [6.45, 7) is 0.717. The summed E-state index contributed by atoms with van der Waals surface area (Å²) < 4.78 is 0. The molecule has 6 heteroatoms. The molecule has 2 heterocycles. The van der Waals surface area contributed by atoms with Crippen molar-refractivity contribution in [1.82, 2.24) is 4.98 Å². The van der Waals surface area contributed by atoms with Crippen molar-refractivity contribution in [2.75, 3.05) is 11.9 Å². The summed E-state index contributed by atoms with van der Waals surface area (Å²) in [6, 6.07) is 6.89. The van der Waals surface area contributed by atoms with E-state index < -0.39 is 4.92 Å². The lowest BCUT2D eigenvalue weighted by Crippen LogP contribution is -2.05. The molecule has 88 valence electrons. The molecule has 17 heavy (non-hydrogen) atoms. The second-order valence-corrected chi connectivity index (χ2v) is 4.44. The van der Waals surface area contributed by atoms with Crippen LogP contribution in [0, 0.1) is 10.1 Å². The second-order valence-electron chi connectivity index (χ2n) is 3.41. The molecule has 0 aromatic carbocycles.